The van der Waals surface area contributed by atoms with Gasteiger partial charge in [0.2, 0.25) is 0 Å². The molecular weight excluding hydrogens is 222 g/mol. The topological polar surface area (TPSA) is 29.5 Å². The summed E-state index contributed by atoms with van der Waals surface area (Å²) in [7, 11) is 1.76. The van der Waals surface area contributed by atoms with Gasteiger partial charge in [-0.05, 0) is 17.3 Å². The second-order valence-electron chi connectivity index (χ2n) is 6.61. The van der Waals surface area contributed by atoms with Crippen molar-refractivity contribution in [3.05, 3.63) is 0 Å². The molecule has 0 spiro atoms. The van der Waals surface area contributed by atoms with Crippen molar-refractivity contribution in [3.63, 3.8) is 0 Å². The lowest BCUT2D eigenvalue weighted by molar-refractivity contribution is 0.0835. The van der Waals surface area contributed by atoms with E-state index in [9.17, 15) is 4.79 Å². The van der Waals surface area contributed by atoms with Crippen LogP contribution in [-0.2, 0) is 4.18 Å². The third-order valence-electron chi connectivity index (χ3n) is 2.64. The summed E-state index contributed by atoms with van der Waals surface area (Å²) >= 11 is 3.57. The summed E-state index contributed by atoms with van der Waals surface area (Å²) in [5.74, 6) is 0. The molecule has 0 bridgehead atoms. The van der Waals surface area contributed by atoms with Crippen molar-refractivity contribution in [1.29, 1.82) is 0 Å². The molecule has 0 fully saturated rings. The van der Waals surface area contributed by atoms with Crippen molar-refractivity contribution in [2.45, 2.75) is 54.0 Å². The second kappa shape index (κ2) is 5.30. The fourth-order valence-electron chi connectivity index (χ4n) is 1.80. The third kappa shape index (κ3) is 5.10. The summed E-state index contributed by atoms with van der Waals surface area (Å²) in [6.07, 6.45) is 0.531. The minimum Gasteiger partial charge on any atom is -0.378 e. The van der Waals surface area contributed by atoms with E-state index in [4.69, 9.17) is 0 Å². The summed E-state index contributed by atoms with van der Waals surface area (Å²) in [6, 6.07) is 0.132. The van der Waals surface area contributed by atoms with Gasteiger partial charge in [0.05, 0.1) is 0 Å². The van der Waals surface area contributed by atoms with Crippen LogP contribution < -0.4 is 0 Å². The lowest BCUT2D eigenvalue weighted by atomic mass is 9.76. The molecule has 0 saturated heterocycles. The van der Waals surface area contributed by atoms with Gasteiger partial charge in [-0.1, -0.05) is 41.5 Å². The Morgan fingerprint density at radius 1 is 1.25 bits per heavy atom. The Morgan fingerprint density at radius 3 is 1.94 bits per heavy atom. The minimum absolute atomic E-state index is 0.0179. The highest BCUT2D eigenvalue weighted by Crippen LogP contribution is 2.33. The molecule has 16 heavy (non-hydrogen) atoms. The Hall–Kier alpha value is -0.380. The smallest absolute Gasteiger partial charge is 0.378 e. The van der Waals surface area contributed by atoms with E-state index in [1.54, 1.807) is 11.9 Å². The molecule has 0 heterocycles. The van der Waals surface area contributed by atoms with E-state index >= 15 is 0 Å². The van der Waals surface area contributed by atoms with Gasteiger partial charge in [0.1, 0.15) is 0 Å². The van der Waals surface area contributed by atoms with Gasteiger partial charge in [-0.3, -0.25) is 0 Å². The number of hydrogen-bond acceptors (Lipinski definition) is 3. The Balaban J connectivity index is 4.89. The Bertz CT molecular complexity index is 240. The molecule has 0 aromatic rings. The van der Waals surface area contributed by atoms with Crippen LogP contribution in [0.15, 0.2) is 0 Å². The number of hydrogen-bond donors (Lipinski definition) is 1. The Morgan fingerprint density at radius 2 is 1.69 bits per heavy atom. The zero-order chi connectivity index (χ0) is 13.1. The summed E-state index contributed by atoms with van der Waals surface area (Å²) in [5.41, 5.74) is 0.188. The van der Waals surface area contributed by atoms with Gasteiger partial charge in [-0.15, -0.1) is 0 Å². The molecule has 0 aliphatic carbocycles. The van der Waals surface area contributed by atoms with Crippen molar-refractivity contribution < 1.29 is 8.98 Å². The molecule has 96 valence electrons. The van der Waals surface area contributed by atoms with Crippen LogP contribution in [0.25, 0.3) is 0 Å². The molecule has 0 radical (unpaired) electrons. The van der Waals surface area contributed by atoms with Crippen molar-refractivity contribution in [1.82, 2.24) is 4.90 Å². The van der Waals surface area contributed by atoms with Crippen LogP contribution in [0.4, 0.5) is 4.79 Å². The van der Waals surface area contributed by atoms with Crippen LogP contribution in [0.1, 0.15) is 48.0 Å². The largest absolute Gasteiger partial charge is 0.421 e. The van der Waals surface area contributed by atoms with Gasteiger partial charge >= 0.3 is 6.09 Å². The SMILES string of the molecule is CN(C(=O)OS)C(CC(C)(C)C)C(C)(C)C. The molecule has 0 aliphatic heterocycles. The van der Waals surface area contributed by atoms with Crippen LogP contribution in [0, 0.1) is 10.8 Å². The normalized spacial score (nSPS) is 14.5. The summed E-state index contributed by atoms with van der Waals surface area (Å²) in [6.45, 7) is 12.9. The quantitative estimate of drug-likeness (QED) is 0.595. The molecule has 1 unspecified atom stereocenters. The molecule has 1 atom stereocenters. The van der Waals surface area contributed by atoms with E-state index in [1.807, 2.05) is 0 Å². The number of nitrogens with zero attached hydrogens (tertiary/aromatic N) is 1. The second-order valence-corrected chi connectivity index (χ2v) is 6.80. The van der Waals surface area contributed by atoms with Crippen LogP contribution in [0.2, 0.25) is 0 Å². The number of carbonyl (C=O) groups is 1. The Kier molecular flexibility index (Phi) is 5.17. The molecule has 0 aromatic heterocycles. The maximum Gasteiger partial charge on any atom is 0.421 e. The first-order valence-corrected chi connectivity index (χ1v) is 5.94. The maximum atomic E-state index is 11.5. The third-order valence-corrected chi connectivity index (χ3v) is 2.80. The standard InChI is InChI=1S/C12H25NO2S/c1-11(2,3)8-9(12(4,5)6)13(7)10(14)15-16/h9,16H,8H2,1-7H3. The van der Waals surface area contributed by atoms with E-state index in [-0.39, 0.29) is 16.9 Å². The van der Waals surface area contributed by atoms with Crippen molar-refractivity contribution in [2.75, 3.05) is 7.05 Å². The number of carbonyl (C=O) groups excluding carboxylic acids is 1. The van der Waals surface area contributed by atoms with E-state index in [0.29, 0.717) is 0 Å². The molecular formula is C12H25NO2S. The van der Waals surface area contributed by atoms with Gasteiger partial charge < -0.3 is 9.08 Å². The van der Waals surface area contributed by atoms with Gasteiger partial charge in [-0.2, -0.15) is 0 Å². The van der Waals surface area contributed by atoms with E-state index in [2.05, 4.69) is 58.6 Å². The molecule has 0 aliphatic rings. The fourth-order valence-corrected chi connectivity index (χ4v) is 1.92. The van der Waals surface area contributed by atoms with Crippen LogP contribution in [-0.4, -0.2) is 24.1 Å². The number of amides is 1. The monoisotopic (exact) mass is 247 g/mol. The van der Waals surface area contributed by atoms with Crippen LogP contribution in [0.3, 0.4) is 0 Å². The maximum absolute atomic E-state index is 11.5. The lowest BCUT2D eigenvalue weighted by Crippen LogP contribution is -2.46. The number of thiol groups is 1. The predicted molar refractivity (Wildman–Crippen MR) is 70.5 cm³/mol. The van der Waals surface area contributed by atoms with Crippen molar-refractivity contribution >= 4 is 19.0 Å². The average Bonchev–Trinajstić information content (AvgIpc) is 2.08. The zero-order valence-electron chi connectivity index (χ0n) is 11.5. The molecule has 3 nitrogen and oxygen atoms in total. The van der Waals surface area contributed by atoms with Crippen molar-refractivity contribution in [3.8, 4) is 0 Å². The van der Waals surface area contributed by atoms with Gasteiger partial charge in [0.15, 0.2) is 0 Å². The summed E-state index contributed by atoms with van der Waals surface area (Å²) in [4.78, 5) is 13.2. The highest BCUT2D eigenvalue weighted by molar-refractivity contribution is 7.75. The zero-order valence-corrected chi connectivity index (χ0v) is 12.4. The molecule has 0 N–H and O–H groups in total. The van der Waals surface area contributed by atoms with Gasteiger partial charge in [0.25, 0.3) is 0 Å². The summed E-state index contributed by atoms with van der Waals surface area (Å²) in [5, 5.41) is 0. The predicted octanol–water partition coefficient (Wildman–Crippen LogP) is 3.75. The highest BCUT2D eigenvalue weighted by atomic mass is 32.1. The van der Waals surface area contributed by atoms with Crippen LogP contribution in [0.5, 0.6) is 0 Å². The molecule has 0 aromatic carbocycles. The molecule has 1 amide bonds. The fraction of sp³-hybridized carbons (Fsp3) is 0.917. The van der Waals surface area contributed by atoms with E-state index < -0.39 is 6.09 Å². The lowest BCUT2D eigenvalue weighted by Gasteiger charge is -2.40. The first-order chi connectivity index (χ1) is 6.99. The average molecular weight is 247 g/mol. The minimum atomic E-state index is -0.396. The first-order valence-electron chi connectivity index (χ1n) is 5.57. The van der Waals surface area contributed by atoms with Crippen LogP contribution >= 0.6 is 12.9 Å². The Labute approximate surface area is 105 Å². The van der Waals surface area contributed by atoms with Crippen molar-refractivity contribution in [2.24, 2.45) is 10.8 Å². The molecule has 0 rings (SSSR count). The van der Waals surface area contributed by atoms with E-state index in [1.165, 1.54) is 0 Å². The first kappa shape index (κ1) is 15.6. The highest BCUT2D eigenvalue weighted by Gasteiger charge is 2.34. The van der Waals surface area contributed by atoms with E-state index in [0.717, 1.165) is 6.42 Å². The number of rotatable bonds is 2. The molecule has 0 saturated carbocycles. The van der Waals surface area contributed by atoms with Gasteiger partial charge in [-0.25, -0.2) is 4.79 Å². The molecule has 4 heteroatoms. The summed E-state index contributed by atoms with van der Waals surface area (Å²) < 4.78 is 4.48. The van der Waals surface area contributed by atoms with Gasteiger partial charge in [0, 0.05) is 26.0 Å².